The van der Waals surface area contributed by atoms with Gasteiger partial charge in [0.25, 0.3) is 0 Å². The lowest BCUT2D eigenvalue weighted by Crippen LogP contribution is -2.33. The van der Waals surface area contributed by atoms with Gasteiger partial charge in [-0.15, -0.1) is 0 Å². The fraction of sp³-hybridized carbons (Fsp3) is 0.318. The van der Waals surface area contributed by atoms with Gasteiger partial charge in [-0.25, -0.2) is 4.39 Å². The van der Waals surface area contributed by atoms with Crippen LogP contribution in [0.1, 0.15) is 35.3 Å². The highest BCUT2D eigenvalue weighted by molar-refractivity contribution is 6.34. The predicted octanol–water partition coefficient (Wildman–Crippen LogP) is 4.74. The number of fused-ring (bicyclic) bond motifs is 3. The van der Waals surface area contributed by atoms with Gasteiger partial charge in [-0.1, -0.05) is 23.7 Å². The highest BCUT2D eigenvalue weighted by atomic mass is 35.5. The van der Waals surface area contributed by atoms with E-state index in [1.807, 2.05) is 11.8 Å². The molecule has 2 N–H and O–H groups in total. The van der Waals surface area contributed by atoms with Crippen LogP contribution in [-0.4, -0.2) is 34.8 Å². The number of epoxide rings is 1. The molecule has 0 bridgehead atoms. The normalized spacial score (nSPS) is 20.3. The van der Waals surface area contributed by atoms with Gasteiger partial charge in [0.1, 0.15) is 11.9 Å². The monoisotopic (exact) mass is 470 g/mol. The first-order valence-electron chi connectivity index (χ1n) is 9.80. The van der Waals surface area contributed by atoms with Gasteiger partial charge in [-0.3, -0.25) is 4.79 Å². The van der Waals surface area contributed by atoms with Crippen molar-refractivity contribution < 1.29 is 32.2 Å². The average molecular weight is 471 g/mol. The van der Waals surface area contributed by atoms with Crippen molar-refractivity contribution in [3.8, 4) is 0 Å². The Morgan fingerprint density at radius 3 is 2.75 bits per heavy atom. The summed E-state index contributed by atoms with van der Waals surface area (Å²) in [5.41, 5.74) is 0.294. The minimum atomic E-state index is -4.86. The molecule has 2 heterocycles. The number of hydrogen-bond donors (Lipinski definition) is 2. The molecule has 2 aliphatic rings. The van der Waals surface area contributed by atoms with Crippen LogP contribution in [0.25, 0.3) is 6.08 Å². The lowest BCUT2D eigenvalue weighted by Gasteiger charge is -2.23. The molecule has 2 aromatic rings. The summed E-state index contributed by atoms with van der Waals surface area (Å²) in [5, 5.41) is 12.4. The van der Waals surface area contributed by atoms with Crippen LogP contribution in [0.15, 0.2) is 36.5 Å². The number of ether oxygens (including phenoxy) is 1. The smallest absolute Gasteiger partial charge is 0.394 e. The summed E-state index contributed by atoms with van der Waals surface area (Å²) in [5.74, 6) is -2.00. The summed E-state index contributed by atoms with van der Waals surface area (Å²) in [4.78, 5) is 14.5. The molecular formula is C22H19ClF4N2O3. The zero-order valence-electron chi connectivity index (χ0n) is 16.8. The van der Waals surface area contributed by atoms with Crippen molar-refractivity contribution in [3.63, 3.8) is 0 Å². The number of amides is 1. The third kappa shape index (κ3) is 4.32. The van der Waals surface area contributed by atoms with Gasteiger partial charge in [0, 0.05) is 11.8 Å². The maximum Gasteiger partial charge on any atom is 0.419 e. The number of alkyl halides is 3. The Kier molecular flexibility index (Phi) is 5.91. The SMILES string of the molecule is C[C@H](CO)N1C=Cc2c(ccc(Cl)c2NC(=O)Cc2ccc(F)c(C(F)(F)F)c2)C2OC21. The Morgan fingerprint density at radius 1 is 1.31 bits per heavy atom. The molecule has 1 saturated heterocycles. The van der Waals surface area contributed by atoms with Gasteiger partial charge in [0.15, 0.2) is 6.23 Å². The number of benzene rings is 2. The Morgan fingerprint density at radius 2 is 2.06 bits per heavy atom. The van der Waals surface area contributed by atoms with E-state index in [0.717, 1.165) is 11.6 Å². The van der Waals surface area contributed by atoms with Gasteiger partial charge in [0.05, 0.1) is 35.3 Å². The molecule has 1 fully saturated rings. The second-order valence-electron chi connectivity index (χ2n) is 7.70. The molecule has 4 rings (SSSR count). The van der Waals surface area contributed by atoms with E-state index in [-0.39, 0.29) is 35.6 Å². The first-order chi connectivity index (χ1) is 15.1. The molecule has 170 valence electrons. The Hall–Kier alpha value is -2.62. The second kappa shape index (κ2) is 8.38. The highest BCUT2D eigenvalue weighted by Gasteiger charge is 2.47. The number of carbonyl (C=O) groups is 1. The van der Waals surface area contributed by atoms with Crippen molar-refractivity contribution in [3.05, 3.63) is 69.6 Å². The Labute approximate surface area is 186 Å². The molecule has 2 aliphatic heterocycles. The molecule has 5 nitrogen and oxygen atoms in total. The van der Waals surface area contributed by atoms with Crippen molar-refractivity contribution in [1.82, 2.24) is 4.90 Å². The quantitative estimate of drug-likeness (QED) is 0.489. The highest BCUT2D eigenvalue weighted by Crippen LogP contribution is 2.48. The van der Waals surface area contributed by atoms with E-state index < -0.39 is 29.9 Å². The molecule has 32 heavy (non-hydrogen) atoms. The third-order valence-electron chi connectivity index (χ3n) is 5.45. The fourth-order valence-electron chi connectivity index (χ4n) is 3.73. The number of nitrogens with zero attached hydrogens (tertiary/aromatic N) is 1. The van der Waals surface area contributed by atoms with Crippen LogP contribution in [0.5, 0.6) is 0 Å². The van der Waals surface area contributed by atoms with Crippen molar-refractivity contribution in [1.29, 1.82) is 0 Å². The number of nitrogens with one attached hydrogen (secondary N) is 1. The van der Waals surface area contributed by atoms with Gasteiger partial charge >= 0.3 is 6.18 Å². The summed E-state index contributed by atoms with van der Waals surface area (Å²) in [6.45, 7) is 1.77. The molecule has 0 aromatic heterocycles. The largest absolute Gasteiger partial charge is 0.419 e. The fourth-order valence-corrected chi connectivity index (χ4v) is 3.94. The predicted molar refractivity (Wildman–Crippen MR) is 110 cm³/mol. The number of aliphatic hydroxyl groups is 1. The minimum Gasteiger partial charge on any atom is -0.394 e. The summed E-state index contributed by atoms with van der Waals surface area (Å²) in [6.07, 6.45) is -2.28. The first-order valence-corrected chi connectivity index (χ1v) is 10.2. The standard InChI is InChI=1S/C22H19ClF4N2O3/c1-11(10-30)29-7-6-13-14(20-21(29)32-20)3-4-16(23)19(13)28-18(31)9-12-2-5-17(24)15(8-12)22(25,26)27/h2-8,11,20-21,30H,9-10H2,1H3,(H,28,31)/t11-,20?,21?/m1/s1. The molecule has 10 heteroatoms. The van der Waals surface area contributed by atoms with Crippen LogP contribution in [0.3, 0.4) is 0 Å². The number of rotatable bonds is 5. The molecule has 3 atom stereocenters. The van der Waals surface area contributed by atoms with Crippen molar-refractivity contribution in [2.24, 2.45) is 0 Å². The first kappa shape index (κ1) is 22.6. The molecular weight excluding hydrogens is 452 g/mol. The lowest BCUT2D eigenvalue weighted by molar-refractivity contribution is -0.140. The third-order valence-corrected chi connectivity index (χ3v) is 5.76. The van der Waals surface area contributed by atoms with Gasteiger partial charge in [0.2, 0.25) is 5.91 Å². The van der Waals surface area contributed by atoms with E-state index in [2.05, 4.69) is 5.32 Å². The molecule has 0 saturated carbocycles. The van der Waals surface area contributed by atoms with Crippen molar-refractivity contribution in [2.75, 3.05) is 11.9 Å². The van der Waals surface area contributed by atoms with Gasteiger partial charge in [-0.2, -0.15) is 13.2 Å². The summed E-state index contributed by atoms with van der Waals surface area (Å²) in [6, 6.07) is 5.65. The number of halogens is 5. The van der Waals surface area contributed by atoms with Crippen LogP contribution >= 0.6 is 11.6 Å². The molecule has 2 aromatic carbocycles. The minimum absolute atomic E-state index is 0.0125. The zero-order valence-corrected chi connectivity index (χ0v) is 17.5. The number of anilines is 1. The van der Waals surface area contributed by atoms with Crippen LogP contribution in [0.2, 0.25) is 5.02 Å². The maximum absolute atomic E-state index is 13.5. The van der Waals surface area contributed by atoms with E-state index in [9.17, 15) is 27.5 Å². The van der Waals surface area contributed by atoms with Gasteiger partial charge in [-0.05, 0) is 42.3 Å². The second-order valence-corrected chi connectivity index (χ2v) is 8.11. The molecule has 0 aliphatic carbocycles. The van der Waals surface area contributed by atoms with E-state index in [0.29, 0.717) is 23.4 Å². The average Bonchev–Trinajstić information content (AvgIpc) is 3.51. The lowest BCUT2D eigenvalue weighted by atomic mass is 10.0. The zero-order chi connectivity index (χ0) is 23.2. The number of carbonyl (C=O) groups excluding carboxylic acids is 1. The number of aliphatic hydroxyl groups excluding tert-OH is 1. The van der Waals surface area contributed by atoms with Crippen LogP contribution in [0.4, 0.5) is 23.2 Å². The van der Waals surface area contributed by atoms with E-state index in [1.54, 1.807) is 24.4 Å². The van der Waals surface area contributed by atoms with Gasteiger partial charge < -0.3 is 20.1 Å². The Bertz CT molecular complexity index is 1090. The van der Waals surface area contributed by atoms with E-state index >= 15 is 0 Å². The molecule has 0 spiro atoms. The van der Waals surface area contributed by atoms with Crippen LogP contribution in [0, 0.1) is 5.82 Å². The Balaban J connectivity index is 1.59. The molecule has 0 radical (unpaired) electrons. The van der Waals surface area contributed by atoms with Crippen molar-refractivity contribution in [2.45, 2.75) is 37.9 Å². The molecule has 2 unspecified atom stereocenters. The summed E-state index contributed by atoms with van der Waals surface area (Å²) < 4.78 is 58.1. The van der Waals surface area contributed by atoms with E-state index in [1.165, 1.54) is 0 Å². The van der Waals surface area contributed by atoms with Crippen LogP contribution in [-0.2, 0) is 22.1 Å². The van der Waals surface area contributed by atoms with Crippen LogP contribution < -0.4 is 5.32 Å². The summed E-state index contributed by atoms with van der Waals surface area (Å²) in [7, 11) is 0. The van der Waals surface area contributed by atoms with Crippen molar-refractivity contribution >= 4 is 29.3 Å². The maximum atomic E-state index is 13.5. The van der Waals surface area contributed by atoms with E-state index in [4.69, 9.17) is 16.3 Å². The summed E-state index contributed by atoms with van der Waals surface area (Å²) >= 11 is 6.31. The molecule has 1 amide bonds. The number of hydrogen-bond acceptors (Lipinski definition) is 4. The topological polar surface area (TPSA) is 65.1 Å².